The zero-order valence-electron chi connectivity index (χ0n) is 14.8. The van der Waals surface area contributed by atoms with Gasteiger partial charge in [0.25, 0.3) is 0 Å². The highest BCUT2D eigenvalue weighted by atomic mass is 16.2. The molecule has 1 amide bonds. The molecule has 1 aromatic rings. The smallest absolute Gasteiger partial charge is 0.222 e. The molecule has 1 saturated heterocycles. The largest absolute Gasteiger partial charge is 0.370 e. The molecule has 1 aromatic carbocycles. The van der Waals surface area contributed by atoms with E-state index in [0.717, 1.165) is 37.1 Å². The quantitative estimate of drug-likeness (QED) is 0.415. The molecule has 0 bridgehead atoms. The maximum atomic E-state index is 11.8. The lowest BCUT2D eigenvalue weighted by Gasteiger charge is -2.17. The van der Waals surface area contributed by atoms with Crippen molar-refractivity contribution >= 4 is 11.9 Å². The highest BCUT2D eigenvalue weighted by molar-refractivity contribution is 5.78. The summed E-state index contributed by atoms with van der Waals surface area (Å²) >= 11 is 0. The van der Waals surface area contributed by atoms with Crippen molar-refractivity contribution in [1.82, 2.24) is 10.2 Å². The fourth-order valence-corrected chi connectivity index (χ4v) is 2.94. The van der Waals surface area contributed by atoms with Crippen molar-refractivity contribution in [2.75, 3.05) is 13.1 Å². The number of hydrogen-bond acceptors (Lipinski definition) is 2. The van der Waals surface area contributed by atoms with Gasteiger partial charge in [-0.3, -0.25) is 4.79 Å². The predicted octanol–water partition coefficient (Wildman–Crippen LogP) is 2.79. The van der Waals surface area contributed by atoms with Crippen molar-refractivity contribution in [2.24, 2.45) is 10.7 Å². The van der Waals surface area contributed by atoms with Crippen LogP contribution in [0.5, 0.6) is 0 Å². The standard InChI is InChI=1S/C19H30N4O/c1-2-3-4-7-12-21-19(20)22-14-16-9-5-6-10-17(16)15-23-13-8-11-18(23)24/h5-6,9-10H,2-4,7-8,11-15H2,1H3,(H3,20,21,22). The Balaban J connectivity index is 1.85. The fourth-order valence-electron chi connectivity index (χ4n) is 2.94. The van der Waals surface area contributed by atoms with Gasteiger partial charge in [0.15, 0.2) is 5.96 Å². The first-order chi connectivity index (χ1) is 11.7. The van der Waals surface area contributed by atoms with Crippen LogP contribution < -0.4 is 11.1 Å². The number of rotatable bonds is 9. The predicted molar refractivity (Wildman–Crippen MR) is 98.6 cm³/mol. The van der Waals surface area contributed by atoms with Crippen LogP contribution in [0.4, 0.5) is 0 Å². The van der Waals surface area contributed by atoms with Crippen LogP contribution in [0.2, 0.25) is 0 Å². The van der Waals surface area contributed by atoms with Crippen LogP contribution in [-0.4, -0.2) is 29.9 Å². The Morgan fingerprint density at radius 2 is 2.04 bits per heavy atom. The Morgan fingerprint density at radius 3 is 2.75 bits per heavy atom. The second-order valence-electron chi connectivity index (χ2n) is 6.38. The Hall–Kier alpha value is -2.04. The molecule has 0 aromatic heterocycles. The van der Waals surface area contributed by atoms with Crippen molar-refractivity contribution in [3.63, 3.8) is 0 Å². The summed E-state index contributed by atoms with van der Waals surface area (Å²) in [5.41, 5.74) is 8.24. The molecule has 1 fully saturated rings. The van der Waals surface area contributed by atoms with Gasteiger partial charge in [0.05, 0.1) is 6.54 Å². The average molecular weight is 330 g/mol. The minimum absolute atomic E-state index is 0.251. The van der Waals surface area contributed by atoms with Gasteiger partial charge in [-0.2, -0.15) is 0 Å². The summed E-state index contributed by atoms with van der Waals surface area (Å²) in [6.07, 6.45) is 6.49. The summed E-state index contributed by atoms with van der Waals surface area (Å²) in [5.74, 6) is 0.750. The topological polar surface area (TPSA) is 70.7 Å². The number of carbonyl (C=O) groups excluding carboxylic acids is 1. The number of nitrogens with zero attached hydrogens (tertiary/aromatic N) is 2. The summed E-state index contributed by atoms with van der Waals surface area (Å²) in [4.78, 5) is 18.2. The van der Waals surface area contributed by atoms with E-state index in [1.165, 1.54) is 19.3 Å². The lowest BCUT2D eigenvalue weighted by Crippen LogP contribution is -2.32. The third-order valence-corrected chi connectivity index (χ3v) is 4.41. The molecule has 0 aliphatic carbocycles. The Kier molecular flexibility index (Phi) is 7.59. The van der Waals surface area contributed by atoms with Gasteiger partial charge in [-0.05, 0) is 24.0 Å². The summed E-state index contributed by atoms with van der Waals surface area (Å²) in [7, 11) is 0. The van der Waals surface area contributed by atoms with Crippen LogP contribution in [0.25, 0.3) is 0 Å². The van der Waals surface area contributed by atoms with Crippen molar-refractivity contribution in [3.05, 3.63) is 35.4 Å². The summed E-state index contributed by atoms with van der Waals surface area (Å²) in [6.45, 7) is 5.16. The van der Waals surface area contributed by atoms with E-state index in [1.54, 1.807) is 0 Å². The van der Waals surface area contributed by atoms with Crippen LogP contribution in [0.3, 0.4) is 0 Å². The number of nitrogens with one attached hydrogen (secondary N) is 1. The number of unbranched alkanes of at least 4 members (excludes halogenated alkanes) is 3. The molecule has 2 rings (SSSR count). The van der Waals surface area contributed by atoms with Gasteiger partial charge in [0, 0.05) is 26.1 Å². The fraction of sp³-hybridized carbons (Fsp3) is 0.579. The highest BCUT2D eigenvalue weighted by Gasteiger charge is 2.20. The van der Waals surface area contributed by atoms with Crippen molar-refractivity contribution in [3.8, 4) is 0 Å². The van der Waals surface area contributed by atoms with Gasteiger partial charge >= 0.3 is 0 Å². The van der Waals surface area contributed by atoms with Crippen LogP contribution in [0, 0.1) is 0 Å². The minimum atomic E-state index is 0.251. The van der Waals surface area contributed by atoms with E-state index in [1.807, 2.05) is 17.0 Å². The zero-order chi connectivity index (χ0) is 17.2. The molecule has 5 nitrogen and oxygen atoms in total. The van der Waals surface area contributed by atoms with E-state index in [0.29, 0.717) is 25.5 Å². The molecule has 0 atom stereocenters. The lowest BCUT2D eigenvalue weighted by atomic mass is 10.1. The number of benzene rings is 1. The zero-order valence-corrected chi connectivity index (χ0v) is 14.8. The molecule has 5 heteroatoms. The normalized spacial score (nSPS) is 15.1. The highest BCUT2D eigenvalue weighted by Crippen LogP contribution is 2.17. The number of carbonyl (C=O) groups is 1. The Labute approximate surface area is 145 Å². The average Bonchev–Trinajstić information content (AvgIpc) is 2.99. The maximum absolute atomic E-state index is 11.8. The molecular formula is C19H30N4O. The maximum Gasteiger partial charge on any atom is 0.222 e. The van der Waals surface area contributed by atoms with Gasteiger partial charge in [-0.25, -0.2) is 4.99 Å². The van der Waals surface area contributed by atoms with Gasteiger partial charge in [0.2, 0.25) is 5.91 Å². The monoisotopic (exact) mass is 330 g/mol. The first-order valence-corrected chi connectivity index (χ1v) is 9.09. The third kappa shape index (κ3) is 5.87. The molecule has 3 N–H and O–H groups in total. The van der Waals surface area contributed by atoms with E-state index < -0.39 is 0 Å². The Bertz CT molecular complexity index is 556. The van der Waals surface area contributed by atoms with E-state index in [-0.39, 0.29) is 5.91 Å². The van der Waals surface area contributed by atoms with E-state index >= 15 is 0 Å². The molecule has 1 aliphatic rings. The number of aliphatic imine (C=N–C) groups is 1. The Morgan fingerprint density at radius 1 is 1.25 bits per heavy atom. The van der Waals surface area contributed by atoms with Gasteiger partial charge in [-0.1, -0.05) is 50.5 Å². The lowest BCUT2D eigenvalue weighted by molar-refractivity contribution is -0.128. The first-order valence-electron chi connectivity index (χ1n) is 9.09. The van der Waals surface area contributed by atoms with Gasteiger partial charge < -0.3 is 16.0 Å². The van der Waals surface area contributed by atoms with Gasteiger partial charge in [0.1, 0.15) is 0 Å². The van der Waals surface area contributed by atoms with Crippen LogP contribution in [-0.2, 0) is 17.9 Å². The van der Waals surface area contributed by atoms with Crippen molar-refractivity contribution in [2.45, 2.75) is 58.5 Å². The molecular weight excluding hydrogens is 300 g/mol. The number of guanidine groups is 1. The van der Waals surface area contributed by atoms with Crippen molar-refractivity contribution in [1.29, 1.82) is 0 Å². The molecule has 0 spiro atoms. The van der Waals surface area contributed by atoms with E-state index in [2.05, 4.69) is 29.4 Å². The molecule has 0 radical (unpaired) electrons. The van der Waals surface area contributed by atoms with Crippen LogP contribution in [0.15, 0.2) is 29.3 Å². The number of amides is 1. The summed E-state index contributed by atoms with van der Waals surface area (Å²) in [6, 6.07) is 8.16. The minimum Gasteiger partial charge on any atom is -0.370 e. The summed E-state index contributed by atoms with van der Waals surface area (Å²) in [5, 5.41) is 3.17. The number of hydrogen-bond donors (Lipinski definition) is 2. The second-order valence-corrected chi connectivity index (χ2v) is 6.38. The molecule has 0 saturated carbocycles. The van der Waals surface area contributed by atoms with E-state index in [9.17, 15) is 4.79 Å². The molecule has 1 aliphatic heterocycles. The van der Waals surface area contributed by atoms with Crippen molar-refractivity contribution < 1.29 is 4.79 Å². The summed E-state index contributed by atoms with van der Waals surface area (Å²) < 4.78 is 0. The number of nitrogens with two attached hydrogens (primary N) is 1. The third-order valence-electron chi connectivity index (χ3n) is 4.41. The van der Waals surface area contributed by atoms with Gasteiger partial charge in [-0.15, -0.1) is 0 Å². The molecule has 132 valence electrons. The molecule has 1 heterocycles. The van der Waals surface area contributed by atoms with Crippen LogP contribution >= 0.6 is 0 Å². The second kappa shape index (κ2) is 9.96. The molecule has 24 heavy (non-hydrogen) atoms. The van der Waals surface area contributed by atoms with Crippen LogP contribution in [0.1, 0.15) is 56.6 Å². The SMILES string of the molecule is CCCCCCNC(N)=NCc1ccccc1CN1CCCC1=O. The van der Waals surface area contributed by atoms with E-state index in [4.69, 9.17) is 5.73 Å². The molecule has 0 unspecified atom stereocenters. The first kappa shape index (κ1) is 18.3. The number of likely N-dealkylation sites (tertiary alicyclic amines) is 1.